The average Bonchev–Trinajstić information content (AvgIpc) is 2.19. The maximum atomic E-state index is 13.3. The van der Waals surface area contributed by atoms with Crippen molar-refractivity contribution in [2.75, 3.05) is 0 Å². The second kappa shape index (κ2) is 4.48. The van der Waals surface area contributed by atoms with E-state index in [1.807, 2.05) is 0 Å². The average molecular weight is 251 g/mol. The predicted molar refractivity (Wildman–Crippen MR) is 47.8 cm³/mol. The van der Waals surface area contributed by atoms with Gasteiger partial charge >= 0.3 is 11.9 Å². The molecule has 4 nitrogen and oxygen atoms in total. The molecule has 0 atom stereocenters. The summed E-state index contributed by atoms with van der Waals surface area (Å²) in [6.45, 7) is 0. The van der Waals surface area contributed by atoms with Crippen LogP contribution in [0.1, 0.15) is 5.56 Å². The molecule has 0 N–H and O–H groups in total. The lowest BCUT2D eigenvalue weighted by Crippen LogP contribution is -2.25. The third kappa shape index (κ3) is 2.99. The van der Waals surface area contributed by atoms with Gasteiger partial charge in [0.1, 0.15) is 0 Å². The molecule has 0 aliphatic rings. The van der Waals surface area contributed by atoms with Crippen LogP contribution in [0.25, 0.3) is 0 Å². The number of hydrogen-bond donors (Lipinski definition) is 0. The van der Waals surface area contributed by atoms with E-state index in [1.165, 1.54) is 0 Å². The molecule has 1 rings (SSSR count). The summed E-state index contributed by atoms with van der Waals surface area (Å²) in [5, 5.41) is 10.3. The summed E-state index contributed by atoms with van der Waals surface area (Å²) in [4.78, 5) is 19.8. The predicted octanol–water partition coefficient (Wildman–Crippen LogP) is 2.41. The van der Waals surface area contributed by atoms with E-state index in [1.54, 1.807) is 0 Å². The fourth-order valence-electron chi connectivity index (χ4n) is 1.12. The highest BCUT2D eigenvalue weighted by Gasteiger charge is 2.38. The fraction of sp³-hybridized carbons (Fsp3) is 0.222. The van der Waals surface area contributed by atoms with Gasteiger partial charge in [-0.1, -0.05) is 12.1 Å². The topological polar surface area (TPSA) is 60.2 Å². The molecule has 0 radical (unpaired) electrons. The van der Waals surface area contributed by atoms with E-state index in [0.717, 1.165) is 18.2 Å². The molecule has 0 heterocycles. The maximum Gasteiger partial charge on any atom is 0.450 e. The largest absolute Gasteiger partial charge is 0.450 e. The highest BCUT2D eigenvalue weighted by Crippen LogP contribution is 2.24. The minimum atomic E-state index is -5.09. The van der Waals surface area contributed by atoms with E-state index in [2.05, 4.69) is 0 Å². The summed E-state index contributed by atoms with van der Waals surface area (Å²) >= 11 is 0. The van der Waals surface area contributed by atoms with E-state index in [9.17, 15) is 32.5 Å². The summed E-state index contributed by atoms with van der Waals surface area (Å²) in [5.74, 6) is -3.58. The molecular weight excluding hydrogens is 246 g/mol. The van der Waals surface area contributed by atoms with Gasteiger partial charge in [0.05, 0.1) is 4.92 Å². The van der Waals surface area contributed by atoms with E-state index in [-0.39, 0.29) is 0 Å². The minimum absolute atomic E-state index is 0.651. The first-order valence-electron chi connectivity index (χ1n) is 4.25. The summed E-state index contributed by atoms with van der Waals surface area (Å²) < 4.78 is 49.1. The van der Waals surface area contributed by atoms with Crippen LogP contribution in [0, 0.1) is 15.9 Å². The third-order valence-corrected chi connectivity index (χ3v) is 1.92. The molecule has 0 unspecified atom stereocenters. The second-order valence-corrected chi connectivity index (χ2v) is 3.11. The van der Waals surface area contributed by atoms with E-state index < -0.39 is 40.4 Å². The Balaban J connectivity index is 3.05. The molecule has 0 saturated heterocycles. The van der Waals surface area contributed by atoms with Crippen LogP contribution < -0.4 is 0 Å². The van der Waals surface area contributed by atoms with Crippen LogP contribution in [-0.4, -0.2) is 16.9 Å². The van der Waals surface area contributed by atoms with E-state index >= 15 is 0 Å². The van der Waals surface area contributed by atoms with Gasteiger partial charge < -0.3 is 0 Å². The second-order valence-electron chi connectivity index (χ2n) is 3.11. The number of alkyl halides is 3. The fourth-order valence-corrected chi connectivity index (χ4v) is 1.12. The molecular formula is C9H5F4NO3. The smallest absolute Gasteiger partial charge is 0.289 e. The Morgan fingerprint density at radius 3 is 2.41 bits per heavy atom. The quantitative estimate of drug-likeness (QED) is 0.470. The van der Waals surface area contributed by atoms with Crippen molar-refractivity contribution < 1.29 is 27.3 Å². The molecule has 0 bridgehead atoms. The van der Waals surface area contributed by atoms with Crippen LogP contribution in [-0.2, 0) is 11.2 Å². The van der Waals surface area contributed by atoms with Crippen molar-refractivity contribution in [2.24, 2.45) is 0 Å². The monoisotopic (exact) mass is 251 g/mol. The van der Waals surface area contributed by atoms with Crippen molar-refractivity contribution in [1.29, 1.82) is 0 Å². The lowest BCUT2D eigenvalue weighted by atomic mass is 10.1. The molecule has 0 aromatic heterocycles. The van der Waals surface area contributed by atoms with Gasteiger partial charge in [-0.2, -0.15) is 17.6 Å². The number of Topliss-reactive ketones (excluding diaryl/α,β-unsaturated/α-hetero) is 1. The van der Waals surface area contributed by atoms with Crippen molar-refractivity contribution in [3.63, 3.8) is 0 Å². The van der Waals surface area contributed by atoms with Gasteiger partial charge in [-0.3, -0.25) is 14.9 Å². The number of nitro groups is 1. The Kier molecular flexibility index (Phi) is 3.45. The Morgan fingerprint density at radius 1 is 1.35 bits per heavy atom. The van der Waals surface area contributed by atoms with Gasteiger partial charge in [-0.05, 0) is 0 Å². The number of nitrogens with zero attached hydrogens (tertiary/aromatic N) is 1. The van der Waals surface area contributed by atoms with Crippen LogP contribution in [0.3, 0.4) is 0 Å². The zero-order valence-electron chi connectivity index (χ0n) is 8.12. The molecule has 17 heavy (non-hydrogen) atoms. The number of halogens is 4. The summed E-state index contributed by atoms with van der Waals surface area (Å²) in [6.07, 6.45) is -6.34. The zero-order chi connectivity index (χ0) is 13.2. The van der Waals surface area contributed by atoms with Crippen molar-refractivity contribution in [2.45, 2.75) is 12.6 Å². The number of rotatable bonds is 3. The molecule has 0 aliphatic heterocycles. The first-order valence-corrected chi connectivity index (χ1v) is 4.25. The normalized spacial score (nSPS) is 11.3. The third-order valence-electron chi connectivity index (χ3n) is 1.92. The lowest BCUT2D eigenvalue weighted by Gasteiger charge is -2.05. The number of nitro benzene ring substituents is 1. The summed E-state index contributed by atoms with van der Waals surface area (Å²) in [7, 11) is 0. The van der Waals surface area contributed by atoms with E-state index in [4.69, 9.17) is 0 Å². The number of ketones is 1. The van der Waals surface area contributed by atoms with Crippen molar-refractivity contribution in [1.82, 2.24) is 0 Å². The van der Waals surface area contributed by atoms with Crippen LogP contribution in [0.5, 0.6) is 0 Å². The first kappa shape index (κ1) is 13.1. The Labute approximate surface area is 92.0 Å². The number of carbonyl (C=O) groups is 1. The molecule has 1 aromatic carbocycles. The molecule has 0 saturated carbocycles. The van der Waals surface area contributed by atoms with Crippen LogP contribution >= 0.6 is 0 Å². The van der Waals surface area contributed by atoms with E-state index in [0.29, 0.717) is 0 Å². The molecule has 0 fully saturated rings. The minimum Gasteiger partial charge on any atom is -0.289 e. The molecule has 0 amide bonds. The van der Waals surface area contributed by atoms with Gasteiger partial charge in [0.2, 0.25) is 11.6 Å². The maximum absolute atomic E-state index is 13.3. The molecule has 8 heteroatoms. The zero-order valence-corrected chi connectivity index (χ0v) is 8.12. The van der Waals surface area contributed by atoms with Gasteiger partial charge in [0, 0.05) is 18.1 Å². The van der Waals surface area contributed by atoms with Crippen LogP contribution in [0.2, 0.25) is 0 Å². The van der Waals surface area contributed by atoms with Gasteiger partial charge in [-0.15, -0.1) is 0 Å². The first-order chi connectivity index (χ1) is 7.73. The van der Waals surface area contributed by atoms with Crippen molar-refractivity contribution >= 4 is 11.5 Å². The van der Waals surface area contributed by atoms with Gasteiger partial charge in [0.15, 0.2) is 0 Å². The Bertz CT molecular complexity index is 470. The molecule has 0 aliphatic carbocycles. The molecule has 0 spiro atoms. The Hall–Kier alpha value is -1.99. The standard InChI is InChI=1S/C9H5F4NO3/c10-8-5(4-7(15)9(11,12)13)2-1-3-6(8)14(16)17/h1-3H,4H2. The molecule has 1 aromatic rings. The summed E-state index contributed by atoms with van der Waals surface area (Å²) in [6, 6.07) is 2.71. The SMILES string of the molecule is O=C(Cc1cccc([N+](=O)[O-])c1F)C(F)(F)F. The number of benzene rings is 1. The van der Waals surface area contributed by atoms with Gasteiger partial charge in [-0.25, -0.2) is 0 Å². The van der Waals surface area contributed by atoms with Crippen LogP contribution in [0.15, 0.2) is 18.2 Å². The molecule has 92 valence electrons. The number of carbonyl (C=O) groups excluding carboxylic acids is 1. The van der Waals surface area contributed by atoms with Gasteiger partial charge in [0.25, 0.3) is 0 Å². The van der Waals surface area contributed by atoms with Crippen molar-refractivity contribution in [3.05, 3.63) is 39.7 Å². The van der Waals surface area contributed by atoms with Crippen molar-refractivity contribution in [3.8, 4) is 0 Å². The highest BCUT2D eigenvalue weighted by molar-refractivity contribution is 5.86. The van der Waals surface area contributed by atoms with Crippen LogP contribution in [0.4, 0.5) is 23.2 Å². The Morgan fingerprint density at radius 2 is 1.94 bits per heavy atom. The number of hydrogen-bond acceptors (Lipinski definition) is 3. The lowest BCUT2D eigenvalue weighted by molar-refractivity contribution is -0.387. The summed E-state index contributed by atoms with van der Waals surface area (Å²) in [5.41, 5.74) is -1.61. The highest BCUT2D eigenvalue weighted by atomic mass is 19.4.